The first-order valence-electron chi connectivity index (χ1n) is 5.99. The normalized spacial score (nSPS) is 31.0. The third-order valence-electron chi connectivity index (χ3n) is 3.44. The molecule has 1 unspecified atom stereocenters. The molecule has 1 N–H and O–H groups in total. The third-order valence-corrected chi connectivity index (χ3v) is 4.77. The van der Waals surface area contributed by atoms with Crippen LogP contribution in [0.3, 0.4) is 0 Å². The fraction of sp³-hybridized carbons (Fsp3) is 0.538. The SMILES string of the molecule is COc1ccccc1[C@@H]1OP(=O)(O)CCC1(C)C. The molecule has 0 spiro atoms. The molecule has 0 saturated carbocycles. The lowest BCUT2D eigenvalue weighted by Gasteiger charge is -2.40. The van der Waals surface area contributed by atoms with E-state index in [4.69, 9.17) is 9.26 Å². The van der Waals surface area contributed by atoms with E-state index in [1.54, 1.807) is 7.11 Å². The average molecular weight is 270 g/mol. The predicted octanol–water partition coefficient (Wildman–Crippen LogP) is 3.37. The summed E-state index contributed by atoms with van der Waals surface area (Å²) >= 11 is 0. The van der Waals surface area contributed by atoms with Crippen molar-refractivity contribution in [3.63, 3.8) is 0 Å². The predicted molar refractivity (Wildman–Crippen MR) is 69.9 cm³/mol. The molecule has 100 valence electrons. The summed E-state index contributed by atoms with van der Waals surface area (Å²) in [6, 6.07) is 7.48. The zero-order valence-electron chi connectivity index (χ0n) is 10.9. The van der Waals surface area contributed by atoms with E-state index in [1.807, 2.05) is 38.1 Å². The Labute approximate surface area is 107 Å². The Balaban J connectivity index is 2.43. The first-order valence-corrected chi connectivity index (χ1v) is 7.75. The molecule has 2 atom stereocenters. The van der Waals surface area contributed by atoms with Crippen molar-refractivity contribution in [3.8, 4) is 5.75 Å². The lowest BCUT2D eigenvalue weighted by atomic mass is 9.80. The van der Waals surface area contributed by atoms with E-state index in [0.29, 0.717) is 12.2 Å². The summed E-state index contributed by atoms with van der Waals surface area (Å²) in [4.78, 5) is 9.69. The molecule has 0 aromatic heterocycles. The van der Waals surface area contributed by atoms with Gasteiger partial charge in [-0.3, -0.25) is 9.09 Å². The van der Waals surface area contributed by atoms with Crippen LogP contribution in [0.25, 0.3) is 0 Å². The van der Waals surface area contributed by atoms with Gasteiger partial charge in [0.1, 0.15) is 11.9 Å². The Kier molecular flexibility index (Phi) is 3.54. The van der Waals surface area contributed by atoms with Gasteiger partial charge in [0, 0.05) is 5.56 Å². The summed E-state index contributed by atoms with van der Waals surface area (Å²) in [6.45, 7) is 4.09. The van der Waals surface area contributed by atoms with E-state index < -0.39 is 13.7 Å². The van der Waals surface area contributed by atoms with Gasteiger partial charge in [-0.1, -0.05) is 32.0 Å². The number of hydrogen-bond acceptors (Lipinski definition) is 3. The molecule has 1 heterocycles. The zero-order valence-corrected chi connectivity index (χ0v) is 11.8. The van der Waals surface area contributed by atoms with Crippen LogP contribution in [0.5, 0.6) is 5.75 Å². The molecule has 1 aliphatic heterocycles. The molecule has 1 aromatic carbocycles. The van der Waals surface area contributed by atoms with Crippen LogP contribution in [-0.2, 0) is 9.09 Å². The van der Waals surface area contributed by atoms with Crippen molar-refractivity contribution in [1.82, 2.24) is 0 Å². The second-order valence-electron chi connectivity index (χ2n) is 5.33. The van der Waals surface area contributed by atoms with E-state index >= 15 is 0 Å². The molecule has 2 rings (SSSR count). The van der Waals surface area contributed by atoms with Gasteiger partial charge in [-0.25, -0.2) is 0 Å². The second kappa shape index (κ2) is 4.69. The quantitative estimate of drug-likeness (QED) is 0.837. The van der Waals surface area contributed by atoms with Crippen LogP contribution in [0.15, 0.2) is 24.3 Å². The van der Waals surface area contributed by atoms with Crippen LogP contribution in [0.2, 0.25) is 0 Å². The minimum Gasteiger partial charge on any atom is -0.496 e. The number of methoxy groups -OCH3 is 1. The number of rotatable bonds is 2. The van der Waals surface area contributed by atoms with Crippen molar-refractivity contribution in [2.45, 2.75) is 26.4 Å². The molecule has 0 amide bonds. The summed E-state index contributed by atoms with van der Waals surface area (Å²) in [7, 11) is -1.88. The van der Waals surface area contributed by atoms with E-state index in [1.165, 1.54) is 0 Å². The molecular formula is C13H19O4P. The molecule has 0 radical (unpaired) electrons. The highest BCUT2D eigenvalue weighted by molar-refractivity contribution is 7.52. The Morgan fingerprint density at radius 1 is 1.44 bits per heavy atom. The fourth-order valence-electron chi connectivity index (χ4n) is 2.28. The zero-order chi connectivity index (χ0) is 13.4. The molecule has 0 bridgehead atoms. The van der Waals surface area contributed by atoms with Gasteiger partial charge in [0.2, 0.25) is 0 Å². The Morgan fingerprint density at radius 2 is 2.11 bits per heavy atom. The molecule has 1 fully saturated rings. The van der Waals surface area contributed by atoms with Gasteiger partial charge in [-0.2, -0.15) is 0 Å². The topological polar surface area (TPSA) is 55.8 Å². The lowest BCUT2D eigenvalue weighted by molar-refractivity contribution is 0.0361. The van der Waals surface area contributed by atoms with Crippen LogP contribution >= 0.6 is 7.60 Å². The van der Waals surface area contributed by atoms with Crippen LogP contribution in [-0.4, -0.2) is 18.2 Å². The van der Waals surface area contributed by atoms with Gasteiger partial charge >= 0.3 is 7.60 Å². The molecule has 18 heavy (non-hydrogen) atoms. The van der Waals surface area contributed by atoms with Gasteiger partial charge in [-0.05, 0) is 17.9 Å². The summed E-state index contributed by atoms with van der Waals surface area (Å²) in [6.07, 6.45) is 0.452. The molecular weight excluding hydrogens is 251 g/mol. The summed E-state index contributed by atoms with van der Waals surface area (Å²) < 4.78 is 22.6. The number of hydrogen-bond donors (Lipinski definition) is 1. The first-order chi connectivity index (χ1) is 8.36. The highest BCUT2D eigenvalue weighted by Gasteiger charge is 2.43. The fourth-order valence-corrected chi connectivity index (χ4v) is 3.97. The maximum atomic E-state index is 11.8. The van der Waals surface area contributed by atoms with Gasteiger partial charge in [-0.15, -0.1) is 0 Å². The van der Waals surface area contributed by atoms with Gasteiger partial charge in [0.25, 0.3) is 0 Å². The van der Waals surface area contributed by atoms with Crippen LogP contribution in [0.1, 0.15) is 31.9 Å². The average Bonchev–Trinajstić information content (AvgIpc) is 2.33. The van der Waals surface area contributed by atoms with Crippen molar-refractivity contribution in [1.29, 1.82) is 0 Å². The van der Waals surface area contributed by atoms with Gasteiger partial charge in [0.05, 0.1) is 13.3 Å². The Bertz CT molecular complexity index is 484. The largest absolute Gasteiger partial charge is 0.496 e. The molecule has 4 nitrogen and oxygen atoms in total. The standard InChI is InChI=1S/C13H19O4P/c1-13(2)8-9-18(14,15)17-12(13)10-6-4-5-7-11(10)16-3/h4-7,12H,8-9H2,1-3H3,(H,14,15)/t12-/m0/s1. The van der Waals surface area contributed by atoms with Gasteiger partial charge < -0.3 is 9.63 Å². The van der Waals surface area contributed by atoms with Crippen LogP contribution < -0.4 is 4.74 Å². The third kappa shape index (κ3) is 2.61. The molecule has 1 aromatic rings. The van der Waals surface area contributed by atoms with E-state index in [2.05, 4.69) is 0 Å². The first kappa shape index (κ1) is 13.6. The second-order valence-corrected chi connectivity index (χ2v) is 7.26. The summed E-state index contributed by atoms with van der Waals surface area (Å²) in [5, 5.41) is 0. The monoisotopic (exact) mass is 270 g/mol. The molecule has 1 aliphatic rings. The Morgan fingerprint density at radius 3 is 2.78 bits per heavy atom. The minimum absolute atomic E-state index is 0.189. The molecule has 0 aliphatic carbocycles. The van der Waals surface area contributed by atoms with E-state index in [0.717, 1.165) is 5.56 Å². The minimum atomic E-state index is -3.47. The van der Waals surface area contributed by atoms with Crippen molar-refractivity contribution in [2.75, 3.05) is 13.3 Å². The number of benzene rings is 1. The van der Waals surface area contributed by atoms with E-state index in [9.17, 15) is 9.46 Å². The summed E-state index contributed by atoms with van der Waals surface area (Å²) in [5.41, 5.74) is 0.643. The maximum Gasteiger partial charge on any atom is 0.328 e. The van der Waals surface area contributed by atoms with E-state index in [-0.39, 0.29) is 11.6 Å². The molecule has 5 heteroatoms. The summed E-state index contributed by atoms with van der Waals surface area (Å²) in [5.74, 6) is 0.692. The smallest absolute Gasteiger partial charge is 0.328 e. The highest BCUT2D eigenvalue weighted by atomic mass is 31.2. The Hall–Kier alpha value is -0.830. The van der Waals surface area contributed by atoms with Crippen LogP contribution in [0, 0.1) is 5.41 Å². The van der Waals surface area contributed by atoms with Crippen LogP contribution in [0.4, 0.5) is 0 Å². The van der Waals surface area contributed by atoms with Crippen molar-refractivity contribution < 1.29 is 18.7 Å². The lowest BCUT2D eigenvalue weighted by Crippen LogP contribution is -2.30. The number of para-hydroxylation sites is 1. The molecule has 1 saturated heterocycles. The van der Waals surface area contributed by atoms with Gasteiger partial charge in [0.15, 0.2) is 0 Å². The maximum absolute atomic E-state index is 11.8. The van der Waals surface area contributed by atoms with Crippen molar-refractivity contribution >= 4 is 7.60 Å². The van der Waals surface area contributed by atoms with Crippen molar-refractivity contribution in [3.05, 3.63) is 29.8 Å². The number of ether oxygens (including phenoxy) is 1. The van der Waals surface area contributed by atoms with Crippen molar-refractivity contribution in [2.24, 2.45) is 5.41 Å². The highest BCUT2D eigenvalue weighted by Crippen LogP contribution is 2.60.